The monoisotopic (exact) mass is 309 g/mol. The molecule has 0 aliphatic carbocycles. The zero-order valence-corrected chi connectivity index (χ0v) is 12.6. The molecule has 0 aliphatic heterocycles. The third-order valence-electron chi connectivity index (χ3n) is 3.17. The van der Waals surface area contributed by atoms with Crippen LogP contribution in [-0.2, 0) is 10.0 Å². The summed E-state index contributed by atoms with van der Waals surface area (Å²) in [4.78, 5) is 11.3. The molecule has 0 spiro atoms. The number of aromatic carboxylic acids is 1. The highest BCUT2D eigenvalue weighted by Crippen LogP contribution is 2.19. The van der Waals surface area contributed by atoms with Gasteiger partial charge in [-0.2, -0.15) is 5.10 Å². The molecule has 0 amide bonds. The number of aryl methyl sites for hydroxylation is 1. The van der Waals surface area contributed by atoms with Gasteiger partial charge in [0.15, 0.2) is 0 Å². The Morgan fingerprint density at radius 1 is 1.24 bits per heavy atom. The molecule has 0 saturated heterocycles. The minimum absolute atomic E-state index is 0.133. The van der Waals surface area contributed by atoms with Gasteiger partial charge in [-0.1, -0.05) is 0 Å². The number of nitrogens with one attached hydrogen (secondary N) is 1. The number of hydrogen-bond donors (Lipinski definition) is 2. The summed E-state index contributed by atoms with van der Waals surface area (Å²) in [6.45, 7) is 3.27. The van der Waals surface area contributed by atoms with Crippen LogP contribution in [-0.4, -0.2) is 36.3 Å². The fourth-order valence-corrected chi connectivity index (χ4v) is 2.82. The van der Waals surface area contributed by atoms with E-state index in [0.717, 1.165) is 0 Å². The van der Waals surface area contributed by atoms with Crippen molar-refractivity contribution in [2.24, 2.45) is 0 Å². The van der Waals surface area contributed by atoms with Gasteiger partial charge in [0, 0.05) is 0 Å². The van der Waals surface area contributed by atoms with Gasteiger partial charge in [-0.25, -0.2) is 22.6 Å². The second-order valence-corrected chi connectivity index (χ2v) is 6.35. The molecule has 21 heavy (non-hydrogen) atoms. The topological polar surface area (TPSA) is 101 Å². The largest absolute Gasteiger partial charge is 0.478 e. The molecule has 0 bridgehead atoms. The summed E-state index contributed by atoms with van der Waals surface area (Å²) >= 11 is 0. The van der Waals surface area contributed by atoms with E-state index in [1.807, 2.05) is 0 Å². The lowest BCUT2D eigenvalue weighted by Gasteiger charge is -2.06. The maximum absolute atomic E-state index is 11.7. The third-order valence-corrected chi connectivity index (χ3v) is 4.60. The second kappa shape index (κ2) is 5.30. The first-order valence-corrected chi connectivity index (χ1v) is 7.59. The summed E-state index contributed by atoms with van der Waals surface area (Å²) in [5.74, 6) is -1.04. The molecule has 0 atom stereocenters. The molecule has 2 rings (SSSR count). The van der Waals surface area contributed by atoms with Crippen LogP contribution < -0.4 is 4.72 Å². The molecule has 0 saturated carbocycles. The number of sulfonamides is 1. The summed E-state index contributed by atoms with van der Waals surface area (Å²) < 4.78 is 27.0. The Kier molecular flexibility index (Phi) is 3.84. The average Bonchev–Trinajstić information content (AvgIpc) is 2.74. The first-order chi connectivity index (χ1) is 9.77. The number of nitrogens with zero attached hydrogens (tertiary/aromatic N) is 2. The molecule has 8 heteroatoms. The molecule has 0 unspecified atom stereocenters. The smallest absolute Gasteiger partial charge is 0.339 e. The van der Waals surface area contributed by atoms with Crippen molar-refractivity contribution in [1.82, 2.24) is 14.5 Å². The average molecular weight is 309 g/mol. The molecule has 1 heterocycles. The van der Waals surface area contributed by atoms with E-state index < -0.39 is 16.0 Å². The summed E-state index contributed by atoms with van der Waals surface area (Å²) in [6, 6.07) is 6.04. The third kappa shape index (κ3) is 2.67. The normalized spacial score (nSPS) is 11.6. The highest BCUT2D eigenvalue weighted by Gasteiger charge is 2.19. The minimum Gasteiger partial charge on any atom is -0.478 e. The van der Waals surface area contributed by atoms with E-state index in [4.69, 9.17) is 5.11 Å². The molecule has 112 valence electrons. The van der Waals surface area contributed by atoms with Gasteiger partial charge in [0.2, 0.25) is 10.0 Å². The Labute approximate surface area is 122 Å². The fraction of sp³-hybridized carbons (Fsp3) is 0.231. The van der Waals surface area contributed by atoms with Crippen molar-refractivity contribution in [3.8, 4) is 5.69 Å². The highest BCUT2D eigenvalue weighted by molar-refractivity contribution is 7.89. The predicted octanol–water partition coefficient (Wildman–Crippen LogP) is 1.10. The predicted molar refractivity (Wildman–Crippen MR) is 76.2 cm³/mol. The van der Waals surface area contributed by atoms with Crippen LogP contribution in [0.4, 0.5) is 0 Å². The summed E-state index contributed by atoms with van der Waals surface area (Å²) in [5.41, 5.74) is 1.65. The molecular formula is C13H15N3O4S. The second-order valence-electron chi connectivity index (χ2n) is 4.46. The van der Waals surface area contributed by atoms with Gasteiger partial charge in [-0.3, -0.25) is 0 Å². The molecule has 1 aromatic carbocycles. The van der Waals surface area contributed by atoms with Crippen LogP contribution in [0.3, 0.4) is 0 Å². The first kappa shape index (κ1) is 15.2. The molecule has 1 aromatic heterocycles. The van der Waals surface area contributed by atoms with Crippen LogP contribution in [0.15, 0.2) is 29.2 Å². The minimum atomic E-state index is -3.50. The van der Waals surface area contributed by atoms with Gasteiger partial charge in [0.1, 0.15) is 5.56 Å². The Bertz CT molecular complexity index is 792. The number of carboxylic acid groups (broad SMARTS) is 1. The van der Waals surface area contributed by atoms with Crippen molar-refractivity contribution in [1.29, 1.82) is 0 Å². The van der Waals surface area contributed by atoms with Crippen molar-refractivity contribution in [2.75, 3.05) is 7.05 Å². The zero-order chi connectivity index (χ0) is 15.8. The van der Waals surface area contributed by atoms with Crippen LogP contribution in [0.5, 0.6) is 0 Å². The van der Waals surface area contributed by atoms with Gasteiger partial charge in [0.05, 0.1) is 22.0 Å². The molecule has 7 nitrogen and oxygen atoms in total. The van der Waals surface area contributed by atoms with E-state index >= 15 is 0 Å². The molecule has 0 radical (unpaired) electrons. The van der Waals surface area contributed by atoms with E-state index in [9.17, 15) is 13.2 Å². The quantitative estimate of drug-likeness (QED) is 0.880. The van der Waals surface area contributed by atoms with Gasteiger partial charge >= 0.3 is 5.97 Å². The van der Waals surface area contributed by atoms with Crippen LogP contribution in [0, 0.1) is 13.8 Å². The first-order valence-electron chi connectivity index (χ1n) is 6.11. The highest BCUT2D eigenvalue weighted by atomic mass is 32.2. The van der Waals surface area contributed by atoms with Gasteiger partial charge < -0.3 is 5.11 Å². The van der Waals surface area contributed by atoms with Crippen molar-refractivity contribution < 1.29 is 18.3 Å². The molecule has 0 fully saturated rings. The van der Waals surface area contributed by atoms with E-state index in [-0.39, 0.29) is 10.5 Å². The van der Waals surface area contributed by atoms with Crippen LogP contribution in [0.1, 0.15) is 21.7 Å². The maximum Gasteiger partial charge on any atom is 0.339 e. The number of carboxylic acids is 1. The fourth-order valence-electron chi connectivity index (χ4n) is 2.09. The van der Waals surface area contributed by atoms with Crippen LogP contribution in [0.25, 0.3) is 5.69 Å². The Morgan fingerprint density at radius 3 is 2.24 bits per heavy atom. The number of hydrogen-bond acceptors (Lipinski definition) is 4. The van der Waals surface area contributed by atoms with Crippen molar-refractivity contribution in [3.63, 3.8) is 0 Å². The maximum atomic E-state index is 11.7. The number of carbonyl (C=O) groups is 1. The molecular weight excluding hydrogens is 294 g/mol. The van der Waals surface area contributed by atoms with Gasteiger partial charge in [-0.15, -0.1) is 0 Å². The summed E-state index contributed by atoms with van der Waals surface area (Å²) in [5, 5.41) is 13.3. The SMILES string of the molecule is CNS(=O)(=O)c1ccc(-n2nc(C)c(C(=O)O)c2C)cc1. The Morgan fingerprint density at radius 2 is 1.81 bits per heavy atom. The van der Waals surface area contributed by atoms with Crippen LogP contribution in [0.2, 0.25) is 0 Å². The molecule has 2 aromatic rings. The lowest BCUT2D eigenvalue weighted by Crippen LogP contribution is -2.18. The Hall–Kier alpha value is -2.19. The molecule has 0 aliphatic rings. The lowest BCUT2D eigenvalue weighted by atomic mass is 10.2. The zero-order valence-electron chi connectivity index (χ0n) is 11.8. The van der Waals surface area contributed by atoms with E-state index in [0.29, 0.717) is 17.1 Å². The number of aromatic nitrogens is 2. The summed E-state index contributed by atoms with van der Waals surface area (Å²) in [7, 11) is -2.16. The standard InChI is InChI=1S/C13H15N3O4S/c1-8-12(13(17)18)9(2)16(15-8)10-4-6-11(7-5-10)21(19,20)14-3/h4-7,14H,1-3H3,(H,17,18). The lowest BCUT2D eigenvalue weighted by molar-refractivity contribution is 0.0695. The van der Waals surface area contributed by atoms with Crippen molar-refractivity contribution in [2.45, 2.75) is 18.7 Å². The van der Waals surface area contributed by atoms with Gasteiger partial charge in [0.25, 0.3) is 0 Å². The number of benzene rings is 1. The number of rotatable bonds is 4. The van der Waals surface area contributed by atoms with Crippen molar-refractivity contribution in [3.05, 3.63) is 41.2 Å². The van der Waals surface area contributed by atoms with Crippen molar-refractivity contribution >= 4 is 16.0 Å². The molecule has 2 N–H and O–H groups in total. The van der Waals surface area contributed by atoms with Gasteiger partial charge in [-0.05, 0) is 45.2 Å². The van der Waals surface area contributed by atoms with E-state index in [1.165, 1.54) is 23.9 Å². The van der Waals surface area contributed by atoms with E-state index in [1.54, 1.807) is 26.0 Å². The summed E-state index contributed by atoms with van der Waals surface area (Å²) in [6.07, 6.45) is 0. The van der Waals surface area contributed by atoms with E-state index in [2.05, 4.69) is 9.82 Å². The van der Waals surface area contributed by atoms with Crippen LogP contribution >= 0.6 is 0 Å². The Balaban J connectivity index is 2.50.